The van der Waals surface area contributed by atoms with Crippen LogP contribution in [0.2, 0.25) is 0 Å². The van der Waals surface area contributed by atoms with Gasteiger partial charge in [0.15, 0.2) is 0 Å². The highest BCUT2D eigenvalue weighted by Crippen LogP contribution is 2.47. The predicted octanol–water partition coefficient (Wildman–Crippen LogP) is 18.4. The Morgan fingerprint density at radius 1 is 0.418 bits per heavy atom. The van der Waals surface area contributed by atoms with Crippen molar-refractivity contribution in [2.45, 2.75) is 38.0 Å². The molecule has 13 rings (SSSR count). The van der Waals surface area contributed by atoms with Crippen LogP contribution in [-0.4, -0.2) is 4.57 Å². The van der Waals surface area contributed by atoms with E-state index in [1.807, 2.05) is 6.07 Å². The number of aromatic nitrogens is 1. The maximum atomic E-state index is 6.61. The highest BCUT2D eigenvalue weighted by atomic mass is 16.3. The van der Waals surface area contributed by atoms with E-state index in [0.717, 1.165) is 55.8 Å². The van der Waals surface area contributed by atoms with E-state index in [1.54, 1.807) is 0 Å². The molecule has 1 fully saturated rings. The second kappa shape index (κ2) is 16.4. The first-order valence-electron chi connectivity index (χ1n) is 23.9. The van der Waals surface area contributed by atoms with Crippen LogP contribution in [0.5, 0.6) is 0 Å². The van der Waals surface area contributed by atoms with Crippen LogP contribution < -0.4 is 4.90 Å². The van der Waals surface area contributed by atoms with Crippen molar-refractivity contribution in [3.05, 3.63) is 230 Å². The summed E-state index contributed by atoms with van der Waals surface area (Å²) in [6.07, 6.45) is 6.43. The Balaban J connectivity index is 1.00. The first-order valence-corrected chi connectivity index (χ1v) is 23.9. The molecule has 0 bridgehead atoms. The average molecular weight is 861 g/mol. The molecule has 0 atom stereocenters. The number of hydrogen-bond acceptors (Lipinski definition) is 2. The number of anilines is 3. The number of para-hydroxylation sites is 5. The van der Waals surface area contributed by atoms with Crippen LogP contribution in [0, 0.1) is 0 Å². The van der Waals surface area contributed by atoms with E-state index < -0.39 is 0 Å². The van der Waals surface area contributed by atoms with Crippen molar-refractivity contribution >= 4 is 71.6 Å². The van der Waals surface area contributed by atoms with E-state index in [0.29, 0.717) is 5.92 Å². The smallest absolute Gasteiger partial charge is 0.143 e. The lowest BCUT2D eigenvalue weighted by atomic mass is 9.80. The molecule has 10 aromatic carbocycles. The number of fused-ring (bicyclic) bond motifs is 7. The molecule has 0 radical (unpaired) electrons. The fourth-order valence-corrected chi connectivity index (χ4v) is 11.4. The fraction of sp³-hybridized carbons (Fsp3) is 0.0938. The van der Waals surface area contributed by atoms with Crippen molar-refractivity contribution in [1.29, 1.82) is 0 Å². The molecule has 0 amide bonds. The van der Waals surface area contributed by atoms with Crippen molar-refractivity contribution < 1.29 is 4.42 Å². The standard InChI is InChI=1S/C64H48N2O/c1-3-18-43(19-4-1)50-29-14-20-45-21-15-32-55(62(45)50)53-26-7-10-34-58(53)65(49-25-13-22-46(42-49)52-31-16-33-56-54-27-9-12-37-61(54)67-64(52)56)48-40-38-44(39-41-48)51-30-17-36-60-63(51)57-28-8-11-35-59(57)66(60)47-23-5-2-6-24-47/h2,5-17,20-43H,1,3-4,18-19H2. The number of benzene rings is 10. The lowest BCUT2D eigenvalue weighted by Gasteiger charge is -2.29. The minimum Gasteiger partial charge on any atom is -0.455 e. The molecule has 1 aliphatic rings. The van der Waals surface area contributed by atoms with Crippen molar-refractivity contribution in [3.63, 3.8) is 0 Å². The van der Waals surface area contributed by atoms with E-state index in [9.17, 15) is 0 Å². The summed E-state index contributed by atoms with van der Waals surface area (Å²) in [6.45, 7) is 0. The second-order valence-corrected chi connectivity index (χ2v) is 18.2. The van der Waals surface area contributed by atoms with Gasteiger partial charge in [-0.3, -0.25) is 0 Å². The predicted molar refractivity (Wildman–Crippen MR) is 282 cm³/mol. The van der Waals surface area contributed by atoms with Gasteiger partial charge in [-0.25, -0.2) is 0 Å². The van der Waals surface area contributed by atoms with Crippen molar-refractivity contribution in [2.24, 2.45) is 0 Å². The van der Waals surface area contributed by atoms with E-state index in [2.05, 4.69) is 228 Å². The first kappa shape index (κ1) is 39.2. The average Bonchev–Trinajstić information content (AvgIpc) is 3.96. The van der Waals surface area contributed by atoms with Gasteiger partial charge in [-0.15, -0.1) is 0 Å². The van der Waals surface area contributed by atoms with Crippen LogP contribution in [0.25, 0.3) is 93.6 Å². The molecule has 0 unspecified atom stereocenters. The fourth-order valence-electron chi connectivity index (χ4n) is 11.4. The largest absolute Gasteiger partial charge is 0.455 e. The summed E-state index contributed by atoms with van der Waals surface area (Å²) in [4.78, 5) is 2.46. The Bertz CT molecular complexity index is 3790. The van der Waals surface area contributed by atoms with Crippen LogP contribution in [0.3, 0.4) is 0 Å². The first-order chi connectivity index (χ1) is 33.3. The molecule has 0 spiro atoms. The molecule has 0 N–H and O–H groups in total. The SMILES string of the molecule is c1ccc(-n2c3ccccc3c3c(-c4ccc(N(c5cccc(-c6cccc7c6oc6ccccc67)c5)c5ccccc5-c5cccc6cccc(C7CCCCC7)c56)cc4)cccc32)cc1. The molecule has 0 aliphatic heterocycles. The maximum Gasteiger partial charge on any atom is 0.143 e. The molecule has 0 saturated heterocycles. The van der Waals surface area contributed by atoms with Gasteiger partial charge in [0.2, 0.25) is 0 Å². The monoisotopic (exact) mass is 860 g/mol. The van der Waals surface area contributed by atoms with Gasteiger partial charge in [0, 0.05) is 49.7 Å². The van der Waals surface area contributed by atoms with E-state index >= 15 is 0 Å². The van der Waals surface area contributed by atoms with Crippen LogP contribution >= 0.6 is 0 Å². The molecule has 1 saturated carbocycles. The Labute approximate surface area is 390 Å². The highest BCUT2D eigenvalue weighted by Gasteiger charge is 2.24. The molecule has 320 valence electrons. The molecular weight excluding hydrogens is 813 g/mol. The Morgan fingerprint density at radius 3 is 1.96 bits per heavy atom. The van der Waals surface area contributed by atoms with Gasteiger partial charge in [-0.2, -0.15) is 0 Å². The molecule has 1 aliphatic carbocycles. The molecule has 3 heteroatoms. The zero-order valence-electron chi connectivity index (χ0n) is 37.3. The number of furan rings is 1. The summed E-state index contributed by atoms with van der Waals surface area (Å²) < 4.78 is 9.01. The Morgan fingerprint density at radius 2 is 1.07 bits per heavy atom. The molecule has 2 heterocycles. The second-order valence-electron chi connectivity index (χ2n) is 18.2. The van der Waals surface area contributed by atoms with Crippen molar-refractivity contribution in [2.75, 3.05) is 4.90 Å². The van der Waals surface area contributed by atoms with Crippen LogP contribution in [0.4, 0.5) is 17.1 Å². The summed E-state index contributed by atoms with van der Waals surface area (Å²) in [5, 5.41) is 7.45. The quantitative estimate of drug-likeness (QED) is 0.152. The normalized spacial score (nSPS) is 13.3. The van der Waals surface area contributed by atoms with Gasteiger partial charge in [0.05, 0.1) is 16.7 Å². The molecular formula is C64H48N2O. The number of rotatable bonds is 8. The number of nitrogens with zero attached hydrogens (tertiary/aromatic N) is 2. The van der Waals surface area contributed by atoms with E-state index in [4.69, 9.17) is 4.42 Å². The summed E-state index contributed by atoms with van der Waals surface area (Å²) in [5.74, 6) is 0.568. The molecule has 3 nitrogen and oxygen atoms in total. The van der Waals surface area contributed by atoms with Crippen LogP contribution in [0.15, 0.2) is 229 Å². The third-order valence-corrected chi connectivity index (χ3v) is 14.4. The third-order valence-electron chi connectivity index (χ3n) is 14.4. The molecule has 12 aromatic rings. The summed E-state index contributed by atoms with van der Waals surface area (Å²) >= 11 is 0. The van der Waals surface area contributed by atoms with Gasteiger partial charge < -0.3 is 13.9 Å². The highest BCUT2D eigenvalue weighted by molar-refractivity contribution is 6.16. The van der Waals surface area contributed by atoms with Crippen LogP contribution in [-0.2, 0) is 0 Å². The summed E-state index contributed by atoms with van der Waals surface area (Å²) in [7, 11) is 0. The van der Waals surface area contributed by atoms with Gasteiger partial charge in [-0.1, -0.05) is 183 Å². The lowest BCUT2D eigenvalue weighted by molar-refractivity contribution is 0.445. The molecule has 2 aromatic heterocycles. The maximum absolute atomic E-state index is 6.61. The van der Waals surface area contributed by atoms with Gasteiger partial charge in [0.1, 0.15) is 11.2 Å². The summed E-state index contributed by atoms with van der Waals surface area (Å²) in [5.41, 5.74) is 17.2. The topological polar surface area (TPSA) is 21.3 Å². The van der Waals surface area contributed by atoms with Gasteiger partial charge in [-0.05, 0) is 118 Å². The van der Waals surface area contributed by atoms with E-state index in [-0.39, 0.29) is 0 Å². The van der Waals surface area contributed by atoms with Crippen molar-refractivity contribution in [1.82, 2.24) is 4.57 Å². The van der Waals surface area contributed by atoms with Crippen LogP contribution in [0.1, 0.15) is 43.6 Å². The van der Waals surface area contributed by atoms with Gasteiger partial charge in [0.25, 0.3) is 0 Å². The Kier molecular flexibility index (Phi) is 9.60. The van der Waals surface area contributed by atoms with E-state index in [1.165, 1.54) is 92.5 Å². The minimum absolute atomic E-state index is 0.568. The molecule has 67 heavy (non-hydrogen) atoms. The zero-order chi connectivity index (χ0) is 44.3. The van der Waals surface area contributed by atoms with Gasteiger partial charge >= 0.3 is 0 Å². The van der Waals surface area contributed by atoms with Crippen molar-refractivity contribution in [3.8, 4) is 39.1 Å². The number of hydrogen-bond donors (Lipinski definition) is 0. The summed E-state index contributed by atoms with van der Waals surface area (Å²) in [6, 6.07) is 82.2. The minimum atomic E-state index is 0.568. The lowest BCUT2D eigenvalue weighted by Crippen LogP contribution is -2.11. The zero-order valence-corrected chi connectivity index (χ0v) is 37.3. The third kappa shape index (κ3) is 6.64. The Hall–Kier alpha value is -8.14.